The van der Waals surface area contributed by atoms with Crippen molar-refractivity contribution in [1.82, 2.24) is 15.2 Å². The van der Waals surface area contributed by atoms with Gasteiger partial charge in [-0.15, -0.1) is 0 Å². The molecule has 0 radical (unpaired) electrons. The third-order valence-corrected chi connectivity index (χ3v) is 6.88. The van der Waals surface area contributed by atoms with Crippen molar-refractivity contribution in [1.29, 1.82) is 0 Å². The quantitative estimate of drug-likeness (QED) is 0.586. The molecule has 3 N–H and O–H groups in total. The average molecular weight is 399 g/mol. The molecule has 0 bridgehead atoms. The fourth-order valence-corrected chi connectivity index (χ4v) is 5.03. The lowest BCUT2D eigenvalue weighted by Gasteiger charge is -2.38. The summed E-state index contributed by atoms with van der Waals surface area (Å²) in [5.74, 6) is 1.65. The number of amides is 1. The van der Waals surface area contributed by atoms with Crippen molar-refractivity contribution in [3.8, 4) is 0 Å². The first-order valence-electron chi connectivity index (χ1n) is 11.1. The van der Waals surface area contributed by atoms with Crippen LogP contribution in [0.1, 0.15) is 51.0 Å². The molecule has 1 amide bonds. The molecule has 1 aromatic rings. The number of aliphatic imine (C=N–C) groups is 1. The number of rotatable bonds is 5. The van der Waals surface area contributed by atoms with Crippen LogP contribution in [0.3, 0.4) is 0 Å². The maximum Gasteiger partial charge on any atom is 0.222 e. The third kappa shape index (κ3) is 4.33. The van der Waals surface area contributed by atoms with Crippen LogP contribution in [0.25, 0.3) is 0 Å². The van der Waals surface area contributed by atoms with Crippen molar-refractivity contribution in [3.63, 3.8) is 0 Å². The van der Waals surface area contributed by atoms with Crippen LogP contribution in [0.4, 0.5) is 5.82 Å². The number of nitrogens with two attached hydrogens (primary N) is 1. The van der Waals surface area contributed by atoms with Gasteiger partial charge >= 0.3 is 0 Å². The summed E-state index contributed by atoms with van der Waals surface area (Å²) in [6.07, 6.45) is 9.05. The van der Waals surface area contributed by atoms with E-state index in [9.17, 15) is 4.79 Å². The van der Waals surface area contributed by atoms with Crippen molar-refractivity contribution in [2.45, 2.75) is 52.0 Å². The molecule has 1 aliphatic carbocycles. The molecule has 0 aromatic carbocycles. The molecule has 3 aliphatic rings. The van der Waals surface area contributed by atoms with Gasteiger partial charge in [0.1, 0.15) is 5.82 Å². The zero-order valence-electron chi connectivity index (χ0n) is 17.6. The summed E-state index contributed by atoms with van der Waals surface area (Å²) in [6, 6.07) is 4.07. The maximum absolute atomic E-state index is 11.7. The number of anilines is 1. The summed E-state index contributed by atoms with van der Waals surface area (Å²) in [7, 11) is 0. The lowest BCUT2D eigenvalue weighted by molar-refractivity contribution is -0.122. The Morgan fingerprint density at radius 3 is 2.90 bits per heavy atom. The maximum atomic E-state index is 11.7. The van der Waals surface area contributed by atoms with Gasteiger partial charge in [-0.1, -0.05) is 12.5 Å². The molecule has 4 rings (SSSR count). The number of pyridine rings is 1. The molecule has 1 atom stereocenters. The predicted molar refractivity (Wildman–Crippen MR) is 116 cm³/mol. The summed E-state index contributed by atoms with van der Waals surface area (Å²) < 4.78 is 0. The molecule has 1 saturated carbocycles. The largest absolute Gasteiger partial charge is 0.369 e. The highest BCUT2D eigenvalue weighted by Gasteiger charge is 2.43. The normalized spacial score (nSPS) is 23.9. The van der Waals surface area contributed by atoms with Crippen molar-refractivity contribution < 1.29 is 4.79 Å². The van der Waals surface area contributed by atoms with Crippen molar-refractivity contribution >= 4 is 17.7 Å². The summed E-state index contributed by atoms with van der Waals surface area (Å²) in [5.41, 5.74) is 7.21. The summed E-state index contributed by atoms with van der Waals surface area (Å²) in [5, 5.41) is 3.48. The van der Waals surface area contributed by atoms with Gasteiger partial charge in [0.05, 0.1) is 12.5 Å². The van der Waals surface area contributed by atoms with Crippen LogP contribution in [-0.4, -0.2) is 54.5 Å². The molecule has 2 saturated heterocycles. The van der Waals surface area contributed by atoms with Crippen molar-refractivity contribution in [2.75, 3.05) is 37.6 Å². The topological polar surface area (TPSA) is 86.9 Å². The van der Waals surface area contributed by atoms with Crippen LogP contribution in [0.15, 0.2) is 23.3 Å². The summed E-state index contributed by atoms with van der Waals surface area (Å²) >= 11 is 0. The Balaban J connectivity index is 1.48. The van der Waals surface area contributed by atoms with Gasteiger partial charge in [0.15, 0.2) is 5.96 Å². The molecule has 2 aliphatic heterocycles. The van der Waals surface area contributed by atoms with E-state index in [1.54, 1.807) is 0 Å². The van der Waals surface area contributed by atoms with E-state index in [1.165, 1.54) is 25.7 Å². The SMILES string of the molecule is CCNC(=NCc1cccnc1N1CCCC(C(N)=O)C1)N1CCC2(CCC2)C1. The zero-order valence-corrected chi connectivity index (χ0v) is 17.6. The van der Waals surface area contributed by atoms with E-state index in [0.717, 1.165) is 56.4 Å². The molecule has 3 fully saturated rings. The number of piperidine rings is 1. The highest BCUT2D eigenvalue weighted by atomic mass is 16.1. The van der Waals surface area contributed by atoms with E-state index in [-0.39, 0.29) is 11.8 Å². The average Bonchev–Trinajstić information content (AvgIpc) is 3.18. The molecule has 3 heterocycles. The first-order valence-corrected chi connectivity index (χ1v) is 11.1. The van der Waals surface area contributed by atoms with Gasteiger partial charge in [-0.25, -0.2) is 9.98 Å². The number of nitrogens with one attached hydrogen (secondary N) is 1. The van der Waals surface area contributed by atoms with Crippen LogP contribution >= 0.6 is 0 Å². The number of primary amides is 1. The number of carbonyl (C=O) groups is 1. The molecule has 1 aromatic heterocycles. The predicted octanol–water partition coefficient (Wildman–Crippen LogP) is 2.12. The van der Waals surface area contributed by atoms with Crippen LogP contribution in [0.5, 0.6) is 0 Å². The number of nitrogens with zero attached hydrogens (tertiary/aromatic N) is 4. The monoisotopic (exact) mass is 398 g/mol. The summed E-state index contributed by atoms with van der Waals surface area (Å²) in [6.45, 7) is 7.37. The Kier molecular flexibility index (Phi) is 5.92. The van der Waals surface area contributed by atoms with E-state index in [2.05, 4.69) is 33.1 Å². The van der Waals surface area contributed by atoms with Crippen LogP contribution in [0.2, 0.25) is 0 Å². The van der Waals surface area contributed by atoms with Crippen molar-refractivity contribution in [3.05, 3.63) is 23.9 Å². The number of likely N-dealkylation sites (tertiary alicyclic amines) is 1. The Hall–Kier alpha value is -2.31. The highest BCUT2D eigenvalue weighted by Crippen LogP contribution is 2.47. The highest BCUT2D eigenvalue weighted by molar-refractivity contribution is 5.80. The van der Waals surface area contributed by atoms with E-state index >= 15 is 0 Å². The first kappa shape index (κ1) is 20.0. The molecule has 1 unspecified atom stereocenters. The lowest BCUT2D eigenvalue weighted by atomic mass is 9.68. The molecule has 7 heteroatoms. The summed E-state index contributed by atoms with van der Waals surface area (Å²) in [4.78, 5) is 25.9. The van der Waals surface area contributed by atoms with Crippen molar-refractivity contribution in [2.24, 2.45) is 22.1 Å². The Bertz CT molecular complexity index is 759. The molecular formula is C22H34N6O. The number of hydrogen-bond donors (Lipinski definition) is 2. The second kappa shape index (κ2) is 8.59. The van der Waals surface area contributed by atoms with Gasteiger partial charge in [0.25, 0.3) is 0 Å². The van der Waals surface area contributed by atoms with Gasteiger partial charge in [-0.2, -0.15) is 0 Å². The Morgan fingerprint density at radius 2 is 2.21 bits per heavy atom. The minimum absolute atomic E-state index is 0.0947. The molecule has 7 nitrogen and oxygen atoms in total. The van der Waals surface area contributed by atoms with Gasteiger partial charge < -0.3 is 20.9 Å². The molecule has 158 valence electrons. The van der Waals surface area contributed by atoms with E-state index in [1.807, 2.05) is 12.3 Å². The second-order valence-corrected chi connectivity index (χ2v) is 8.87. The minimum Gasteiger partial charge on any atom is -0.369 e. The van der Waals surface area contributed by atoms with E-state index < -0.39 is 0 Å². The third-order valence-electron chi connectivity index (χ3n) is 6.88. The zero-order chi connectivity index (χ0) is 20.3. The fourth-order valence-electron chi connectivity index (χ4n) is 5.03. The number of hydrogen-bond acceptors (Lipinski definition) is 4. The second-order valence-electron chi connectivity index (χ2n) is 8.87. The van der Waals surface area contributed by atoms with Gasteiger partial charge in [0.2, 0.25) is 5.91 Å². The van der Waals surface area contributed by atoms with E-state index in [0.29, 0.717) is 18.5 Å². The van der Waals surface area contributed by atoms with Crippen LogP contribution in [0, 0.1) is 11.3 Å². The Morgan fingerprint density at radius 1 is 1.34 bits per heavy atom. The number of aromatic nitrogens is 1. The molecule has 1 spiro atoms. The first-order chi connectivity index (χ1) is 14.1. The smallest absolute Gasteiger partial charge is 0.222 e. The van der Waals surface area contributed by atoms with Gasteiger partial charge in [0, 0.05) is 44.5 Å². The van der Waals surface area contributed by atoms with Gasteiger partial charge in [-0.05, 0) is 50.5 Å². The standard InChI is InChI=1S/C22H34N6O/c1-2-24-21(28-13-10-22(16-28)8-5-9-22)26-14-17-6-3-11-25-20(17)27-12-4-7-18(15-27)19(23)29/h3,6,11,18H,2,4-5,7-10,12-16H2,1H3,(H2,23,29)(H,24,26). The Labute approximate surface area is 173 Å². The molecular weight excluding hydrogens is 364 g/mol. The van der Waals surface area contributed by atoms with E-state index in [4.69, 9.17) is 10.7 Å². The lowest BCUT2D eigenvalue weighted by Crippen LogP contribution is -2.43. The van der Waals surface area contributed by atoms with Crippen LogP contribution in [-0.2, 0) is 11.3 Å². The minimum atomic E-state index is -0.210. The fraction of sp³-hybridized carbons (Fsp3) is 0.682. The number of carbonyl (C=O) groups excluding carboxylic acids is 1. The molecule has 29 heavy (non-hydrogen) atoms. The number of guanidine groups is 1. The van der Waals surface area contributed by atoms with Gasteiger partial charge in [-0.3, -0.25) is 4.79 Å². The van der Waals surface area contributed by atoms with Crippen LogP contribution < -0.4 is 16.0 Å².